The molecule has 3 atom stereocenters. The molecule has 29 heavy (non-hydrogen) atoms. The molecule has 4 aliphatic rings. The molecule has 1 aromatic carbocycles. The van der Waals surface area contributed by atoms with Crippen molar-refractivity contribution in [3.8, 4) is 0 Å². The van der Waals surface area contributed by atoms with Gasteiger partial charge in [0.1, 0.15) is 6.04 Å². The van der Waals surface area contributed by atoms with Gasteiger partial charge in [-0.15, -0.1) is 0 Å². The maximum atomic E-state index is 13.3. The van der Waals surface area contributed by atoms with E-state index in [0.29, 0.717) is 13.0 Å². The van der Waals surface area contributed by atoms with E-state index in [-0.39, 0.29) is 29.7 Å². The Hall–Kier alpha value is -2.25. The highest BCUT2D eigenvalue weighted by atomic mass is 16.2. The third kappa shape index (κ3) is 3.07. The first-order valence-electron chi connectivity index (χ1n) is 10.6. The van der Waals surface area contributed by atoms with Crippen LogP contribution in [0.25, 0.3) is 0 Å². The topological polar surface area (TPSA) is 81.8 Å². The summed E-state index contributed by atoms with van der Waals surface area (Å²) >= 11 is 0. The van der Waals surface area contributed by atoms with Crippen LogP contribution in [-0.2, 0) is 22.7 Å². The highest BCUT2D eigenvalue weighted by Gasteiger charge is 2.45. The second-order valence-electron chi connectivity index (χ2n) is 9.17. The average Bonchev–Trinajstić information content (AvgIpc) is 3.19. The van der Waals surface area contributed by atoms with Crippen molar-refractivity contribution in [2.75, 3.05) is 20.1 Å². The Morgan fingerprint density at radius 3 is 2.93 bits per heavy atom. The highest BCUT2D eigenvalue weighted by molar-refractivity contribution is 6.05. The predicted molar refractivity (Wildman–Crippen MR) is 107 cm³/mol. The summed E-state index contributed by atoms with van der Waals surface area (Å²) in [6.07, 6.45) is 4.37. The molecule has 3 heterocycles. The SMILES string of the molecule is CN(Cc1cccc2c1C(=O)N(C1CCC(=O)NC1=O)C2)C12CCC(CNC1)C2. The zero-order valence-electron chi connectivity index (χ0n) is 16.9. The number of amides is 3. The van der Waals surface area contributed by atoms with E-state index in [1.165, 1.54) is 19.3 Å². The molecule has 3 amide bonds. The van der Waals surface area contributed by atoms with E-state index in [9.17, 15) is 14.4 Å². The molecule has 0 spiro atoms. The summed E-state index contributed by atoms with van der Waals surface area (Å²) in [4.78, 5) is 41.1. The van der Waals surface area contributed by atoms with Crippen LogP contribution < -0.4 is 10.6 Å². The fourth-order valence-electron chi connectivity index (χ4n) is 5.78. The Bertz CT molecular complexity index is 881. The number of rotatable bonds is 4. The number of imide groups is 1. The van der Waals surface area contributed by atoms with Crippen LogP contribution in [0.5, 0.6) is 0 Å². The number of piperidine rings is 2. The van der Waals surface area contributed by atoms with Crippen LogP contribution in [0.2, 0.25) is 0 Å². The Kier molecular flexibility index (Phi) is 4.47. The van der Waals surface area contributed by atoms with Crippen LogP contribution in [-0.4, -0.2) is 59.2 Å². The van der Waals surface area contributed by atoms with Crippen molar-refractivity contribution in [1.29, 1.82) is 0 Å². The van der Waals surface area contributed by atoms with E-state index in [2.05, 4.69) is 22.6 Å². The van der Waals surface area contributed by atoms with Gasteiger partial charge in [0, 0.05) is 37.2 Å². The summed E-state index contributed by atoms with van der Waals surface area (Å²) < 4.78 is 0. The Morgan fingerprint density at radius 2 is 2.10 bits per heavy atom. The molecule has 3 aliphatic heterocycles. The summed E-state index contributed by atoms with van der Waals surface area (Å²) in [5.41, 5.74) is 2.94. The molecular formula is C22H28N4O3. The van der Waals surface area contributed by atoms with Gasteiger partial charge >= 0.3 is 0 Å². The number of fused-ring (bicyclic) bond motifs is 3. The first kappa shape index (κ1) is 18.8. The van der Waals surface area contributed by atoms with Crippen LogP contribution in [0.15, 0.2) is 18.2 Å². The van der Waals surface area contributed by atoms with Gasteiger partial charge in [0.05, 0.1) is 0 Å². The zero-order valence-corrected chi connectivity index (χ0v) is 16.9. The van der Waals surface area contributed by atoms with Crippen LogP contribution in [0.3, 0.4) is 0 Å². The lowest BCUT2D eigenvalue weighted by Crippen LogP contribution is -2.54. The van der Waals surface area contributed by atoms with E-state index in [0.717, 1.165) is 42.2 Å². The Balaban J connectivity index is 1.38. The third-order valence-electron chi connectivity index (χ3n) is 7.43. The van der Waals surface area contributed by atoms with Crippen molar-refractivity contribution < 1.29 is 14.4 Å². The standard InChI is InChI=1S/C22H28N4O3/c1-25(22-8-7-14(9-22)10-23-13-22)11-15-3-2-4-16-12-26(21(29)19(15)16)17-5-6-18(27)24-20(17)28/h2-4,14,17,23H,5-13H2,1H3,(H,24,27,28). The van der Waals surface area contributed by atoms with Crippen LogP contribution in [0.1, 0.15) is 53.6 Å². The lowest BCUT2D eigenvalue weighted by molar-refractivity contribution is -0.136. The molecule has 1 saturated carbocycles. The van der Waals surface area contributed by atoms with Gasteiger partial charge in [0.2, 0.25) is 11.8 Å². The van der Waals surface area contributed by atoms with Crippen molar-refractivity contribution in [2.24, 2.45) is 5.92 Å². The minimum atomic E-state index is -0.560. The molecular weight excluding hydrogens is 368 g/mol. The molecule has 1 aliphatic carbocycles. The van der Waals surface area contributed by atoms with Crippen molar-refractivity contribution in [2.45, 2.75) is 56.8 Å². The quantitative estimate of drug-likeness (QED) is 0.743. The van der Waals surface area contributed by atoms with Crippen LogP contribution in [0, 0.1) is 5.92 Å². The van der Waals surface area contributed by atoms with Crippen molar-refractivity contribution >= 4 is 17.7 Å². The highest BCUT2D eigenvalue weighted by Crippen LogP contribution is 2.41. The average molecular weight is 396 g/mol. The summed E-state index contributed by atoms with van der Waals surface area (Å²) in [7, 11) is 2.17. The molecule has 1 aromatic rings. The van der Waals surface area contributed by atoms with Gasteiger partial charge in [-0.25, -0.2) is 0 Å². The number of nitrogens with one attached hydrogen (secondary N) is 2. The fourth-order valence-corrected chi connectivity index (χ4v) is 5.78. The number of carbonyl (C=O) groups excluding carboxylic acids is 3. The van der Waals surface area contributed by atoms with E-state index >= 15 is 0 Å². The monoisotopic (exact) mass is 396 g/mol. The maximum Gasteiger partial charge on any atom is 0.255 e. The molecule has 7 nitrogen and oxygen atoms in total. The second kappa shape index (κ2) is 6.92. The molecule has 0 aromatic heterocycles. The van der Waals surface area contributed by atoms with Crippen molar-refractivity contribution in [3.63, 3.8) is 0 Å². The van der Waals surface area contributed by atoms with Crippen LogP contribution in [0.4, 0.5) is 0 Å². The van der Waals surface area contributed by atoms with Crippen molar-refractivity contribution in [3.05, 3.63) is 34.9 Å². The first-order valence-corrected chi connectivity index (χ1v) is 10.6. The maximum absolute atomic E-state index is 13.3. The summed E-state index contributed by atoms with van der Waals surface area (Å²) in [6.45, 7) is 3.29. The number of hydrogen-bond acceptors (Lipinski definition) is 5. The fraction of sp³-hybridized carbons (Fsp3) is 0.591. The smallest absolute Gasteiger partial charge is 0.255 e. The number of hydrogen-bond donors (Lipinski definition) is 2. The summed E-state index contributed by atoms with van der Waals surface area (Å²) in [6, 6.07) is 5.47. The molecule has 3 unspecified atom stereocenters. The molecule has 0 radical (unpaired) electrons. The number of nitrogens with zero attached hydrogens (tertiary/aromatic N) is 2. The lowest BCUT2D eigenvalue weighted by atomic mass is 9.90. The van der Waals surface area contributed by atoms with Gasteiger partial charge < -0.3 is 10.2 Å². The van der Waals surface area contributed by atoms with Gasteiger partial charge in [0.15, 0.2) is 0 Å². The van der Waals surface area contributed by atoms with Crippen molar-refractivity contribution in [1.82, 2.24) is 20.4 Å². The molecule has 7 heteroatoms. The lowest BCUT2D eigenvalue weighted by Gasteiger charge is -2.42. The minimum Gasteiger partial charge on any atom is -0.322 e. The third-order valence-corrected chi connectivity index (χ3v) is 7.43. The number of carbonyl (C=O) groups is 3. The number of likely N-dealkylation sites (N-methyl/N-ethyl adjacent to an activating group) is 1. The molecule has 2 saturated heterocycles. The molecule has 3 fully saturated rings. The Morgan fingerprint density at radius 1 is 1.24 bits per heavy atom. The van der Waals surface area contributed by atoms with Gasteiger partial charge in [-0.05, 0) is 56.3 Å². The molecule has 2 N–H and O–H groups in total. The van der Waals surface area contributed by atoms with E-state index in [4.69, 9.17) is 0 Å². The van der Waals surface area contributed by atoms with Crippen LogP contribution >= 0.6 is 0 Å². The second-order valence-corrected chi connectivity index (χ2v) is 9.17. The summed E-state index contributed by atoms with van der Waals surface area (Å²) in [5.74, 6) is 0.0672. The van der Waals surface area contributed by atoms with Gasteiger partial charge in [-0.2, -0.15) is 0 Å². The minimum absolute atomic E-state index is 0.0814. The van der Waals surface area contributed by atoms with Gasteiger partial charge in [-0.3, -0.25) is 24.6 Å². The van der Waals surface area contributed by atoms with Gasteiger partial charge in [-0.1, -0.05) is 18.2 Å². The van der Waals surface area contributed by atoms with E-state index in [1.807, 2.05) is 18.2 Å². The first-order chi connectivity index (χ1) is 14.0. The number of benzene rings is 1. The zero-order chi connectivity index (χ0) is 20.2. The molecule has 154 valence electrons. The van der Waals surface area contributed by atoms with E-state index in [1.54, 1.807) is 4.90 Å². The Labute approximate surface area is 170 Å². The molecule has 5 rings (SSSR count). The van der Waals surface area contributed by atoms with E-state index < -0.39 is 6.04 Å². The normalized spacial score (nSPS) is 31.4. The summed E-state index contributed by atoms with van der Waals surface area (Å²) in [5, 5.41) is 5.96. The largest absolute Gasteiger partial charge is 0.322 e. The molecule has 2 bridgehead atoms. The van der Waals surface area contributed by atoms with Gasteiger partial charge in [0.25, 0.3) is 5.91 Å². The predicted octanol–water partition coefficient (Wildman–Crippen LogP) is 1.02.